The molecule has 4 heteroatoms. The van der Waals surface area contributed by atoms with Crippen molar-refractivity contribution < 1.29 is 9.53 Å². The third-order valence-corrected chi connectivity index (χ3v) is 3.39. The topological polar surface area (TPSA) is 29.5 Å². The van der Waals surface area contributed by atoms with Crippen LogP contribution in [0.2, 0.25) is 0 Å². The predicted octanol–water partition coefficient (Wildman–Crippen LogP) is 2.81. The van der Waals surface area contributed by atoms with E-state index in [4.69, 9.17) is 4.74 Å². The van der Waals surface area contributed by atoms with Crippen molar-refractivity contribution in [2.75, 3.05) is 18.9 Å². The van der Waals surface area contributed by atoms with Gasteiger partial charge in [-0.05, 0) is 36.4 Å². The standard InChI is InChI=1S/C14H17NO2S/c1-12-4-2-5-13(10-12)17-8-3-6-15-7-9-18-11-14(15)16/h2,4-5,7,9-10H,3,6,8,11H2,1H3. The van der Waals surface area contributed by atoms with E-state index in [1.165, 1.54) is 5.56 Å². The summed E-state index contributed by atoms with van der Waals surface area (Å²) >= 11 is 1.54. The summed E-state index contributed by atoms with van der Waals surface area (Å²) < 4.78 is 5.65. The van der Waals surface area contributed by atoms with E-state index in [2.05, 4.69) is 0 Å². The Hall–Kier alpha value is -1.42. The Balaban J connectivity index is 1.71. The molecule has 1 aromatic carbocycles. The Labute approximate surface area is 112 Å². The van der Waals surface area contributed by atoms with E-state index in [0.717, 1.165) is 18.7 Å². The van der Waals surface area contributed by atoms with Gasteiger partial charge in [0.2, 0.25) is 5.91 Å². The second kappa shape index (κ2) is 6.50. The molecule has 0 bridgehead atoms. The van der Waals surface area contributed by atoms with Crippen molar-refractivity contribution in [2.45, 2.75) is 13.3 Å². The molecule has 2 rings (SSSR count). The molecule has 0 saturated heterocycles. The lowest BCUT2D eigenvalue weighted by Crippen LogP contribution is -2.30. The minimum absolute atomic E-state index is 0.179. The molecule has 0 aromatic heterocycles. The van der Waals surface area contributed by atoms with Gasteiger partial charge in [0.25, 0.3) is 0 Å². The minimum Gasteiger partial charge on any atom is -0.494 e. The van der Waals surface area contributed by atoms with Gasteiger partial charge in [0, 0.05) is 12.7 Å². The summed E-state index contributed by atoms with van der Waals surface area (Å²) in [6, 6.07) is 8.00. The second-order valence-corrected chi connectivity index (χ2v) is 5.10. The van der Waals surface area contributed by atoms with Crippen molar-refractivity contribution in [3.8, 4) is 5.75 Å². The number of hydrogen-bond donors (Lipinski definition) is 0. The van der Waals surface area contributed by atoms with Crippen LogP contribution in [0.5, 0.6) is 5.75 Å². The van der Waals surface area contributed by atoms with Crippen LogP contribution in [0.15, 0.2) is 35.9 Å². The molecule has 0 spiro atoms. The van der Waals surface area contributed by atoms with E-state index in [1.807, 2.05) is 42.8 Å². The van der Waals surface area contributed by atoms with Crippen LogP contribution in [0.25, 0.3) is 0 Å². The van der Waals surface area contributed by atoms with Gasteiger partial charge in [0.1, 0.15) is 5.75 Å². The first-order chi connectivity index (χ1) is 8.75. The minimum atomic E-state index is 0.179. The van der Waals surface area contributed by atoms with Gasteiger partial charge in [0.15, 0.2) is 0 Å². The molecule has 1 aliphatic rings. The normalized spacial score (nSPS) is 14.9. The Kier molecular flexibility index (Phi) is 4.70. The van der Waals surface area contributed by atoms with E-state index in [-0.39, 0.29) is 5.91 Å². The third kappa shape index (κ3) is 3.81. The molecule has 1 aromatic rings. The lowest BCUT2D eigenvalue weighted by atomic mass is 10.2. The Morgan fingerprint density at radius 2 is 2.33 bits per heavy atom. The number of aryl methyl sites for hydroxylation is 1. The maximum absolute atomic E-state index is 11.5. The second-order valence-electron chi connectivity index (χ2n) is 4.20. The Morgan fingerprint density at radius 1 is 1.44 bits per heavy atom. The first-order valence-electron chi connectivity index (χ1n) is 6.03. The largest absolute Gasteiger partial charge is 0.494 e. The summed E-state index contributed by atoms with van der Waals surface area (Å²) in [5, 5.41) is 1.96. The van der Waals surface area contributed by atoms with Crippen LogP contribution in [0, 0.1) is 6.92 Å². The number of ether oxygens (including phenoxy) is 1. The van der Waals surface area contributed by atoms with Gasteiger partial charge >= 0.3 is 0 Å². The maximum atomic E-state index is 11.5. The highest BCUT2D eigenvalue weighted by molar-refractivity contribution is 8.02. The van der Waals surface area contributed by atoms with Gasteiger partial charge in [-0.2, -0.15) is 0 Å². The highest BCUT2D eigenvalue weighted by Gasteiger charge is 2.13. The molecule has 0 saturated carbocycles. The van der Waals surface area contributed by atoms with Crippen molar-refractivity contribution in [3.05, 3.63) is 41.4 Å². The van der Waals surface area contributed by atoms with Crippen molar-refractivity contribution in [3.63, 3.8) is 0 Å². The van der Waals surface area contributed by atoms with Crippen molar-refractivity contribution >= 4 is 17.7 Å². The summed E-state index contributed by atoms with van der Waals surface area (Å²) in [5.74, 6) is 1.62. The average Bonchev–Trinajstić information content (AvgIpc) is 2.37. The predicted molar refractivity (Wildman–Crippen MR) is 74.6 cm³/mol. The van der Waals surface area contributed by atoms with Crippen LogP contribution in [0.4, 0.5) is 0 Å². The first-order valence-corrected chi connectivity index (χ1v) is 7.08. The summed E-state index contributed by atoms with van der Waals surface area (Å²) in [4.78, 5) is 13.3. The van der Waals surface area contributed by atoms with E-state index in [0.29, 0.717) is 12.4 Å². The number of amides is 1. The molecule has 0 radical (unpaired) electrons. The number of hydrogen-bond acceptors (Lipinski definition) is 3. The molecule has 0 aliphatic carbocycles. The zero-order chi connectivity index (χ0) is 12.8. The molecule has 1 amide bonds. The molecule has 0 unspecified atom stereocenters. The lowest BCUT2D eigenvalue weighted by Gasteiger charge is -2.20. The highest BCUT2D eigenvalue weighted by atomic mass is 32.2. The summed E-state index contributed by atoms with van der Waals surface area (Å²) in [6.07, 6.45) is 2.69. The number of carbonyl (C=O) groups excluding carboxylic acids is 1. The lowest BCUT2D eigenvalue weighted by molar-refractivity contribution is -0.126. The van der Waals surface area contributed by atoms with Gasteiger partial charge in [0.05, 0.1) is 12.4 Å². The fourth-order valence-electron chi connectivity index (χ4n) is 1.73. The molecule has 0 atom stereocenters. The van der Waals surface area contributed by atoms with Crippen LogP contribution in [-0.2, 0) is 4.79 Å². The van der Waals surface area contributed by atoms with Crippen molar-refractivity contribution in [1.82, 2.24) is 4.90 Å². The van der Waals surface area contributed by atoms with Crippen molar-refractivity contribution in [1.29, 1.82) is 0 Å². The van der Waals surface area contributed by atoms with Crippen LogP contribution < -0.4 is 4.74 Å². The zero-order valence-corrected chi connectivity index (χ0v) is 11.3. The molecule has 1 aliphatic heterocycles. The molecule has 0 fully saturated rings. The van der Waals surface area contributed by atoms with Crippen molar-refractivity contribution in [2.24, 2.45) is 0 Å². The number of benzene rings is 1. The molecule has 96 valence electrons. The van der Waals surface area contributed by atoms with E-state index in [1.54, 1.807) is 16.7 Å². The van der Waals surface area contributed by atoms with E-state index in [9.17, 15) is 4.79 Å². The zero-order valence-electron chi connectivity index (χ0n) is 10.5. The monoisotopic (exact) mass is 263 g/mol. The summed E-state index contributed by atoms with van der Waals surface area (Å²) in [7, 11) is 0. The summed E-state index contributed by atoms with van der Waals surface area (Å²) in [6.45, 7) is 3.40. The van der Waals surface area contributed by atoms with Crippen LogP contribution in [0.3, 0.4) is 0 Å². The number of nitrogens with zero attached hydrogens (tertiary/aromatic N) is 1. The SMILES string of the molecule is Cc1cccc(OCCCN2C=CSCC2=O)c1. The van der Waals surface area contributed by atoms with Gasteiger partial charge in [-0.1, -0.05) is 12.1 Å². The molecule has 18 heavy (non-hydrogen) atoms. The third-order valence-electron chi connectivity index (χ3n) is 2.67. The van der Waals surface area contributed by atoms with Crippen LogP contribution in [-0.4, -0.2) is 29.7 Å². The van der Waals surface area contributed by atoms with Gasteiger partial charge in [-0.15, -0.1) is 11.8 Å². The fraction of sp³-hybridized carbons (Fsp3) is 0.357. The number of carbonyl (C=O) groups is 1. The maximum Gasteiger partial charge on any atom is 0.236 e. The molecule has 1 heterocycles. The highest BCUT2D eigenvalue weighted by Crippen LogP contribution is 2.14. The van der Waals surface area contributed by atoms with E-state index >= 15 is 0 Å². The van der Waals surface area contributed by atoms with E-state index < -0.39 is 0 Å². The number of rotatable bonds is 5. The van der Waals surface area contributed by atoms with Gasteiger partial charge < -0.3 is 9.64 Å². The van der Waals surface area contributed by atoms with Gasteiger partial charge in [-0.3, -0.25) is 4.79 Å². The Morgan fingerprint density at radius 3 is 3.11 bits per heavy atom. The Bertz CT molecular complexity index is 445. The average molecular weight is 263 g/mol. The van der Waals surface area contributed by atoms with Gasteiger partial charge in [-0.25, -0.2) is 0 Å². The molecular formula is C14H17NO2S. The molecule has 0 N–H and O–H groups in total. The fourth-order valence-corrected chi connectivity index (χ4v) is 2.37. The number of thioether (sulfide) groups is 1. The summed E-state index contributed by atoms with van der Waals surface area (Å²) in [5.41, 5.74) is 1.19. The van der Waals surface area contributed by atoms with Crippen LogP contribution in [0.1, 0.15) is 12.0 Å². The van der Waals surface area contributed by atoms with Crippen LogP contribution >= 0.6 is 11.8 Å². The smallest absolute Gasteiger partial charge is 0.236 e. The molecular weight excluding hydrogens is 246 g/mol. The quantitative estimate of drug-likeness (QED) is 0.765. The molecule has 3 nitrogen and oxygen atoms in total. The first kappa shape index (κ1) is 13.0.